The lowest BCUT2D eigenvalue weighted by molar-refractivity contribution is -0.122. The third kappa shape index (κ3) is 3.38. The van der Waals surface area contributed by atoms with E-state index in [9.17, 15) is 9.59 Å². The van der Waals surface area contributed by atoms with Crippen molar-refractivity contribution in [3.8, 4) is 0 Å². The zero-order chi connectivity index (χ0) is 17.9. The first kappa shape index (κ1) is 16.5. The van der Waals surface area contributed by atoms with E-state index >= 15 is 0 Å². The molecule has 0 bridgehead atoms. The lowest BCUT2D eigenvalue weighted by atomic mass is 10.00. The predicted octanol–water partition coefficient (Wildman–Crippen LogP) is 1.19. The lowest BCUT2D eigenvalue weighted by Crippen LogP contribution is -2.30. The van der Waals surface area contributed by atoms with Crippen molar-refractivity contribution in [3.05, 3.63) is 46.5 Å². The van der Waals surface area contributed by atoms with Crippen LogP contribution < -0.4 is 11.1 Å². The number of benzene rings is 1. The van der Waals surface area contributed by atoms with Gasteiger partial charge in [-0.25, -0.2) is 4.79 Å². The molecule has 1 saturated heterocycles. The highest BCUT2D eigenvalue weighted by Crippen LogP contribution is 2.24. The molecule has 1 aliphatic rings. The molecule has 136 valence electrons. The van der Waals surface area contributed by atoms with Crippen molar-refractivity contribution in [3.63, 3.8) is 0 Å². The summed E-state index contributed by atoms with van der Waals surface area (Å²) in [6, 6.07) is 6.95. The summed E-state index contributed by atoms with van der Waals surface area (Å²) in [6.45, 7) is 1.35. The Hall–Kier alpha value is -2.94. The summed E-state index contributed by atoms with van der Waals surface area (Å²) in [5.74, 6) is 0.303. The third-order valence-corrected chi connectivity index (χ3v) is 4.38. The van der Waals surface area contributed by atoms with Gasteiger partial charge in [0.25, 0.3) is 0 Å². The van der Waals surface area contributed by atoms with Crippen LogP contribution in [0.2, 0.25) is 0 Å². The van der Waals surface area contributed by atoms with Crippen LogP contribution >= 0.6 is 0 Å². The molecule has 1 amide bonds. The maximum atomic E-state index is 12.2. The zero-order valence-electron chi connectivity index (χ0n) is 14.0. The predicted molar refractivity (Wildman–Crippen MR) is 89.4 cm³/mol. The van der Waals surface area contributed by atoms with E-state index in [0.717, 1.165) is 12.8 Å². The van der Waals surface area contributed by atoms with E-state index in [1.54, 1.807) is 24.3 Å². The van der Waals surface area contributed by atoms with Crippen molar-refractivity contribution in [2.45, 2.75) is 31.8 Å². The minimum atomic E-state index is -0.569. The van der Waals surface area contributed by atoms with E-state index in [-0.39, 0.29) is 24.9 Å². The molecule has 4 rings (SSSR count). The molecular formula is C17H18N4O5. The minimum absolute atomic E-state index is 0.111. The van der Waals surface area contributed by atoms with Gasteiger partial charge < -0.3 is 19.0 Å². The van der Waals surface area contributed by atoms with Crippen LogP contribution in [0.15, 0.2) is 38.0 Å². The monoisotopic (exact) mass is 358 g/mol. The quantitative estimate of drug-likeness (QED) is 0.729. The lowest BCUT2D eigenvalue weighted by Gasteiger charge is -2.18. The van der Waals surface area contributed by atoms with Gasteiger partial charge in [0, 0.05) is 19.1 Å². The van der Waals surface area contributed by atoms with E-state index in [4.69, 9.17) is 13.7 Å². The first-order valence-corrected chi connectivity index (χ1v) is 8.46. The fourth-order valence-electron chi connectivity index (χ4n) is 3.00. The maximum Gasteiger partial charge on any atom is 0.420 e. The average Bonchev–Trinajstić information content (AvgIpc) is 3.26. The number of nitrogens with one attached hydrogen (secondary N) is 1. The second-order valence-electron chi connectivity index (χ2n) is 6.13. The normalized spacial score (nSPS) is 15.4. The fraction of sp³-hybridized carbons (Fsp3) is 0.412. The van der Waals surface area contributed by atoms with Gasteiger partial charge in [0.2, 0.25) is 11.8 Å². The van der Waals surface area contributed by atoms with E-state index in [1.807, 2.05) is 0 Å². The molecule has 9 nitrogen and oxygen atoms in total. The highest BCUT2D eigenvalue weighted by atomic mass is 16.5. The number of carbonyl (C=O) groups excluding carboxylic acids is 1. The summed E-state index contributed by atoms with van der Waals surface area (Å²) in [5, 5.41) is 6.67. The summed E-state index contributed by atoms with van der Waals surface area (Å²) in [6.07, 6.45) is 1.73. The van der Waals surface area contributed by atoms with Crippen molar-refractivity contribution >= 4 is 17.0 Å². The van der Waals surface area contributed by atoms with Gasteiger partial charge in [-0.15, -0.1) is 0 Å². The summed E-state index contributed by atoms with van der Waals surface area (Å²) >= 11 is 0. The molecule has 0 saturated carbocycles. The molecule has 0 aliphatic carbocycles. The molecule has 0 radical (unpaired) electrons. The van der Waals surface area contributed by atoms with Crippen molar-refractivity contribution in [1.29, 1.82) is 0 Å². The van der Waals surface area contributed by atoms with E-state index in [1.165, 1.54) is 4.57 Å². The van der Waals surface area contributed by atoms with Gasteiger partial charge >= 0.3 is 5.76 Å². The number of fused-ring (bicyclic) bond motifs is 1. The Balaban J connectivity index is 1.37. The Morgan fingerprint density at radius 3 is 2.92 bits per heavy atom. The Bertz CT molecular complexity index is 967. The Morgan fingerprint density at radius 2 is 2.08 bits per heavy atom. The van der Waals surface area contributed by atoms with Crippen molar-refractivity contribution < 1.29 is 18.5 Å². The number of hydrogen-bond donors (Lipinski definition) is 1. The molecule has 26 heavy (non-hydrogen) atoms. The molecular weight excluding hydrogens is 340 g/mol. The van der Waals surface area contributed by atoms with Crippen LogP contribution in [0.25, 0.3) is 11.1 Å². The summed E-state index contributed by atoms with van der Waals surface area (Å²) in [4.78, 5) is 28.4. The van der Waals surface area contributed by atoms with E-state index < -0.39 is 5.76 Å². The molecule has 9 heteroatoms. The van der Waals surface area contributed by atoms with Crippen LogP contribution in [0.3, 0.4) is 0 Å². The number of aromatic nitrogens is 3. The summed E-state index contributed by atoms with van der Waals surface area (Å²) in [7, 11) is 0. The largest absolute Gasteiger partial charge is 0.420 e. The van der Waals surface area contributed by atoms with Crippen LogP contribution in [0, 0.1) is 0 Å². The van der Waals surface area contributed by atoms with Crippen LogP contribution in [0.1, 0.15) is 30.5 Å². The van der Waals surface area contributed by atoms with Crippen LogP contribution in [0.4, 0.5) is 0 Å². The average molecular weight is 358 g/mol. The molecule has 1 aromatic carbocycles. The highest BCUT2D eigenvalue weighted by molar-refractivity contribution is 5.79. The van der Waals surface area contributed by atoms with Crippen molar-refractivity contribution in [2.75, 3.05) is 13.2 Å². The smallest absolute Gasteiger partial charge is 0.408 e. The van der Waals surface area contributed by atoms with Gasteiger partial charge in [-0.3, -0.25) is 9.36 Å². The van der Waals surface area contributed by atoms with E-state index in [2.05, 4.69) is 15.5 Å². The van der Waals surface area contributed by atoms with E-state index in [0.29, 0.717) is 36.0 Å². The molecule has 3 heterocycles. The van der Waals surface area contributed by atoms with Crippen LogP contribution in [-0.4, -0.2) is 33.8 Å². The van der Waals surface area contributed by atoms with Crippen molar-refractivity contribution in [1.82, 2.24) is 20.0 Å². The molecule has 1 aliphatic heterocycles. The number of rotatable bonds is 5. The molecule has 3 aromatic rings. The molecule has 1 N–H and O–H groups in total. The van der Waals surface area contributed by atoms with Gasteiger partial charge in [0.15, 0.2) is 11.4 Å². The number of oxazole rings is 1. The van der Waals surface area contributed by atoms with Gasteiger partial charge in [0.05, 0.1) is 12.1 Å². The van der Waals surface area contributed by atoms with Gasteiger partial charge in [-0.2, -0.15) is 4.98 Å². The SMILES string of the molecule is O=C(Cn1c(=O)oc2ccccc21)NCc1nc(C2CCOCC2)no1. The van der Waals surface area contributed by atoms with Crippen LogP contribution in [0.5, 0.6) is 0 Å². The number of amides is 1. The first-order chi connectivity index (χ1) is 12.7. The third-order valence-electron chi connectivity index (χ3n) is 4.38. The topological polar surface area (TPSA) is 112 Å². The Labute approximate surface area is 147 Å². The second kappa shape index (κ2) is 7.12. The number of hydrogen-bond acceptors (Lipinski definition) is 7. The second-order valence-corrected chi connectivity index (χ2v) is 6.13. The Morgan fingerprint density at radius 1 is 1.27 bits per heavy atom. The molecule has 0 spiro atoms. The standard InChI is InChI=1S/C17H18N4O5/c22-14(10-21-12-3-1-2-4-13(12)25-17(21)23)18-9-15-19-16(20-26-15)11-5-7-24-8-6-11/h1-4,11H,5-10H2,(H,18,22). The zero-order valence-corrected chi connectivity index (χ0v) is 14.0. The first-order valence-electron chi connectivity index (χ1n) is 8.46. The van der Waals surface area contributed by atoms with Gasteiger partial charge in [0.1, 0.15) is 6.54 Å². The Kier molecular flexibility index (Phi) is 4.53. The molecule has 0 atom stereocenters. The van der Waals surface area contributed by atoms with Gasteiger partial charge in [-0.05, 0) is 25.0 Å². The number of para-hydroxylation sites is 2. The molecule has 2 aromatic heterocycles. The molecule has 0 unspecified atom stereocenters. The number of carbonyl (C=O) groups is 1. The van der Waals surface area contributed by atoms with Gasteiger partial charge in [-0.1, -0.05) is 17.3 Å². The highest BCUT2D eigenvalue weighted by Gasteiger charge is 2.21. The van der Waals surface area contributed by atoms with Crippen molar-refractivity contribution in [2.24, 2.45) is 0 Å². The summed E-state index contributed by atoms with van der Waals surface area (Å²) < 4.78 is 16.9. The minimum Gasteiger partial charge on any atom is -0.408 e. The van der Waals surface area contributed by atoms with Crippen LogP contribution in [-0.2, 0) is 22.6 Å². The molecule has 1 fully saturated rings. The number of ether oxygens (including phenoxy) is 1. The fourth-order valence-corrected chi connectivity index (χ4v) is 3.00. The summed E-state index contributed by atoms with van der Waals surface area (Å²) in [5.41, 5.74) is 1.02. The number of nitrogens with zero attached hydrogens (tertiary/aromatic N) is 3. The maximum absolute atomic E-state index is 12.2.